The summed E-state index contributed by atoms with van der Waals surface area (Å²) in [6, 6.07) is 2.14. The Hall–Kier alpha value is -0.760. The van der Waals surface area contributed by atoms with Crippen LogP contribution in [0.2, 0.25) is 0 Å². The molecule has 2 heteroatoms. The molecule has 0 saturated heterocycles. The largest absolute Gasteiger partial charge is 0.365 e. The molecule has 2 nitrogen and oxygen atoms in total. The molecular weight excluding hydrogens is 136 g/mol. The van der Waals surface area contributed by atoms with Gasteiger partial charge in [-0.05, 0) is 24.0 Å². The molecule has 0 amide bonds. The molecule has 62 valence electrons. The lowest BCUT2D eigenvalue weighted by Crippen LogP contribution is -1.94. The van der Waals surface area contributed by atoms with Gasteiger partial charge in [-0.25, -0.2) is 0 Å². The standard InChI is InChI=1S/C9H16N2/c1-7(2)3-9-4-8(5-10)6-11-9/h4,6-7,11H,3,5,10H2,1-2H3. The van der Waals surface area contributed by atoms with Gasteiger partial charge in [-0.2, -0.15) is 0 Å². The van der Waals surface area contributed by atoms with E-state index in [1.165, 1.54) is 11.3 Å². The highest BCUT2D eigenvalue weighted by atomic mass is 14.7. The van der Waals surface area contributed by atoms with Gasteiger partial charge in [0.1, 0.15) is 0 Å². The zero-order valence-electron chi connectivity index (χ0n) is 7.22. The van der Waals surface area contributed by atoms with Crippen molar-refractivity contribution in [1.82, 2.24) is 4.98 Å². The first-order chi connectivity index (χ1) is 5.22. The molecule has 0 aromatic carbocycles. The Bertz CT molecular complexity index is 213. The van der Waals surface area contributed by atoms with Crippen LogP contribution in [0.4, 0.5) is 0 Å². The summed E-state index contributed by atoms with van der Waals surface area (Å²) < 4.78 is 0. The van der Waals surface area contributed by atoms with Crippen molar-refractivity contribution in [3.05, 3.63) is 23.5 Å². The zero-order chi connectivity index (χ0) is 8.27. The Labute approximate surface area is 67.8 Å². The Morgan fingerprint density at radius 1 is 1.55 bits per heavy atom. The fourth-order valence-electron chi connectivity index (χ4n) is 1.17. The van der Waals surface area contributed by atoms with Crippen LogP contribution in [0, 0.1) is 5.92 Å². The van der Waals surface area contributed by atoms with Crippen molar-refractivity contribution in [3.8, 4) is 0 Å². The third-order valence-corrected chi connectivity index (χ3v) is 1.67. The van der Waals surface area contributed by atoms with E-state index < -0.39 is 0 Å². The molecule has 0 aliphatic heterocycles. The number of nitrogens with one attached hydrogen (secondary N) is 1. The van der Waals surface area contributed by atoms with Crippen molar-refractivity contribution in [2.24, 2.45) is 11.7 Å². The van der Waals surface area contributed by atoms with E-state index in [0.717, 1.165) is 6.42 Å². The lowest BCUT2D eigenvalue weighted by atomic mass is 10.1. The van der Waals surface area contributed by atoms with Crippen LogP contribution in [0.15, 0.2) is 12.3 Å². The average Bonchev–Trinajstić information content (AvgIpc) is 2.34. The van der Waals surface area contributed by atoms with Crippen LogP contribution in [-0.2, 0) is 13.0 Å². The third-order valence-electron chi connectivity index (χ3n) is 1.67. The van der Waals surface area contributed by atoms with E-state index in [9.17, 15) is 0 Å². The molecule has 0 saturated carbocycles. The van der Waals surface area contributed by atoms with Gasteiger partial charge in [-0.1, -0.05) is 13.8 Å². The fraction of sp³-hybridized carbons (Fsp3) is 0.556. The maximum absolute atomic E-state index is 5.47. The van der Waals surface area contributed by atoms with Gasteiger partial charge in [0.25, 0.3) is 0 Å². The van der Waals surface area contributed by atoms with Crippen LogP contribution >= 0.6 is 0 Å². The SMILES string of the molecule is CC(C)Cc1cc(CN)c[nH]1. The van der Waals surface area contributed by atoms with Gasteiger partial charge < -0.3 is 10.7 Å². The number of aromatic amines is 1. The lowest BCUT2D eigenvalue weighted by Gasteiger charge is -1.99. The maximum Gasteiger partial charge on any atom is 0.0193 e. The third kappa shape index (κ3) is 2.39. The Balaban J connectivity index is 2.58. The minimum absolute atomic E-state index is 0.634. The summed E-state index contributed by atoms with van der Waals surface area (Å²) in [5, 5.41) is 0. The van der Waals surface area contributed by atoms with E-state index in [-0.39, 0.29) is 0 Å². The molecule has 0 radical (unpaired) electrons. The summed E-state index contributed by atoms with van der Waals surface area (Å²) in [7, 11) is 0. The van der Waals surface area contributed by atoms with Crippen LogP contribution < -0.4 is 5.73 Å². The lowest BCUT2D eigenvalue weighted by molar-refractivity contribution is 0.638. The molecule has 1 aromatic rings. The quantitative estimate of drug-likeness (QED) is 0.679. The summed E-state index contributed by atoms with van der Waals surface area (Å²) in [4.78, 5) is 3.21. The number of nitrogens with two attached hydrogens (primary N) is 1. The van der Waals surface area contributed by atoms with E-state index in [2.05, 4.69) is 24.9 Å². The number of rotatable bonds is 3. The molecule has 0 atom stereocenters. The molecular formula is C9H16N2. The van der Waals surface area contributed by atoms with Gasteiger partial charge in [0.2, 0.25) is 0 Å². The van der Waals surface area contributed by atoms with Gasteiger partial charge in [-0.3, -0.25) is 0 Å². The van der Waals surface area contributed by atoms with E-state index in [0.29, 0.717) is 12.5 Å². The van der Waals surface area contributed by atoms with Gasteiger partial charge in [-0.15, -0.1) is 0 Å². The van der Waals surface area contributed by atoms with E-state index in [1.807, 2.05) is 6.20 Å². The van der Waals surface area contributed by atoms with Gasteiger partial charge in [0, 0.05) is 18.4 Å². The van der Waals surface area contributed by atoms with Crippen molar-refractivity contribution in [2.45, 2.75) is 26.8 Å². The Kier molecular flexibility index (Phi) is 2.71. The highest BCUT2D eigenvalue weighted by Crippen LogP contribution is 2.07. The number of hydrogen-bond acceptors (Lipinski definition) is 1. The van der Waals surface area contributed by atoms with Crippen LogP contribution in [0.25, 0.3) is 0 Å². The van der Waals surface area contributed by atoms with Crippen LogP contribution in [0.3, 0.4) is 0 Å². The minimum atomic E-state index is 0.634. The average molecular weight is 152 g/mol. The second kappa shape index (κ2) is 3.58. The summed E-state index contributed by atoms with van der Waals surface area (Å²) in [5.74, 6) is 0.708. The number of H-pyrrole nitrogens is 1. The van der Waals surface area contributed by atoms with E-state index in [1.54, 1.807) is 0 Å². The zero-order valence-corrected chi connectivity index (χ0v) is 7.22. The maximum atomic E-state index is 5.47. The minimum Gasteiger partial charge on any atom is -0.365 e. The van der Waals surface area contributed by atoms with Crippen molar-refractivity contribution < 1.29 is 0 Å². The van der Waals surface area contributed by atoms with Gasteiger partial charge >= 0.3 is 0 Å². The summed E-state index contributed by atoms with van der Waals surface area (Å²) >= 11 is 0. The molecule has 0 bridgehead atoms. The van der Waals surface area contributed by atoms with Crippen molar-refractivity contribution >= 4 is 0 Å². The molecule has 0 unspecified atom stereocenters. The topological polar surface area (TPSA) is 41.8 Å². The molecule has 1 rings (SSSR count). The van der Waals surface area contributed by atoms with E-state index in [4.69, 9.17) is 5.73 Å². The molecule has 0 aliphatic carbocycles. The molecule has 0 fully saturated rings. The molecule has 1 aromatic heterocycles. The monoisotopic (exact) mass is 152 g/mol. The number of hydrogen-bond donors (Lipinski definition) is 2. The normalized spacial score (nSPS) is 10.9. The highest BCUT2D eigenvalue weighted by molar-refractivity contribution is 5.16. The van der Waals surface area contributed by atoms with Crippen molar-refractivity contribution in [1.29, 1.82) is 0 Å². The first-order valence-electron chi connectivity index (χ1n) is 4.08. The van der Waals surface area contributed by atoms with Crippen LogP contribution in [0.5, 0.6) is 0 Å². The molecule has 11 heavy (non-hydrogen) atoms. The summed E-state index contributed by atoms with van der Waals surface area (Å²) in [6.07, 6.45) is 3.09. The van der Waals surface area contributed by atoms with Gasteiger partial charge in [0.15, 0.2) is 0 Å². The first-order valence-corrected chi connectivity index (χ1v) is 4.08. The molecule has 0 aliphatic rings. The second-order valence-corrected chi connectivity index (χ2v) is 3.34. The van der Waals surface area contributed by atoms with Crippen LogP contribution in [0.1, 0.15) is 25.1 Å². The summed E-state index contributed by atoms with van der Waals surface area (Å²) in [6.45, 7) is 5.06. The highest BCUT2D eigenvalue weighted by Gasteiger charge is 1.99. The van der Waals surface area contributed by atoms with E-state index >= 15 is 0 Å². The van der Waals surface area contributed by atoms with Gasteiger partial charge in [0.05, 0.1) is 0 Å². The fourth-order valence-corrected chi connectivity index (χ4v) is 1.17. The predicted octanol–water partition coefficient (Wildman–Crippen LogP) is 1.67. The predicted molar refractivity (Wildman–Crippen MR) is 47.2 cm³/mol. The molecule has 1 heterocycles. The first kappa shape index (κ1) is 8.34. The van der Waals surface area contributed by atoms with Crippen molar-refractivity contribution in [2.75, 3.05) is 0 Å². The Morgan fingerprint density at radius 2 is 2.27 bits per heavy atom. The molecule has 0 spiro atoms. The van der Waals surface area contributed by atoms with Crippen LogP contribution in [-0.4, -0.2) is 4.98 Å². The Morgan fingerprint density at radius 3 is 2.73 bits per heavy atom. The summed E-state index contributed by atoms with van der Waals surface area (Å²) in [5.41, 5.74) is 7.96. The smallest absolute Gasteiger partial charge is 0.0193 e. The molecule has 3 N–H and O–H groups in total. The second-order valence-electron chi connectivity index (χ2n) is 3.34. The van der Waals surface area contributed by atoms with Crippen molar-refractivity contribution in [3.63, 3.8) is 0 Å². The number of aromatic nitrogens is 1.